The molecule has 0 aliphatic carbocycles. The van der Waals surface area contributed by atoms with Crippen LogP contribution in [0.3, 0.4) is 0 Å². The monoisotopic (exact) mass is 223 g/mol. The van der Waals surface area contributed by atoms with Crippen LogP contribution in [0.5, 0.6) is 5.75 Å². The van der Waals surface area contributed by atoms with Gasteiger partial charge in [0.05, 0.1) is 15.7 Å². The molecule has 5 heteroatoms. The first-order chi connectivity index (χ1) is 6.15. The molecular formula is C8H8Cl2FNO. The minimum atomic E-state index is -0.570. The van der Waals surface area contributed by atoms with Crippen LogP contribution in [0.15, 0.2) is 12.1 Å². The Morgan fingerprint density at radius 1 is 1.31 bits per heavy atom. The topological polar surface area (TPSA) is 35.2 Å². The van der Waals surface area contributed by atoms with E-state index in [0.717, 1.165) is 0 Å². The second-order valence-electron chi connectivity index (χ2n) is 2.34. The number of rotatable bonds is 3. The van der Waals surface area contributed by atoms with Crippen molar-refractivity contribution in [2.24, 2.45) is 0 Å². The molecule has 0 aliphatic rings. The van der Waals surface area contributed by atoms with Crippen LogP contribution in [0.25, 0.3) is 0 Å². The van der Waals surface area contributed by atoms with E-state index in [1.54, 1.807) is 0 Å². The van der Waals surface area contributed by atoms with Gasteiger partial charge < -0.3 is 10.5 Å². The number of hydrogen-bond acceptors (Lipinski definition) is 2. The first-order valence-electron chi connectivity index (χ1n) is 3.58. The van der Waals surface area contributed by atoms with Crippen LogP contribution >= 0.6 is 23.2 Å². The van der Waals surface area contributed by atoms with Crippen molar-refractivity contribution in [3.8, 4) is 5.75 Å². The molecular weight excluding hydrogens is 216 g/mol. The number of halogens is 3. The maximum atomic E-state index is 11.8. The Morgan fingerprint density at radius 2 is 1.92 bits per heavy atom. The fourth-order valence-corrected chi connectivity index (χ4v) is 1.14. The van der Waals surface area contributed by atoms with Crippen LogP contribution in [0.1, 0.15) is 0 Å². The summed E-state index contributed by atoms with van der Waals surface area (Å²) >= 11 is 11.4. The van der Waals surface area contributed by atoms with Gasteiger partial charge in [0.15, 0.2) is 0 Å². The lowest BCUT2D eigenvalue weighted by atomic mass is 10.3. The smallest absolute Gasteiger partial charge is 0.143 e. The highest BCUT2D eigenvalue weighted by Gasteiger charge is 2.05. The average molecular weight is 224 g/mol. The van der Waals surface area contributed by atoms with Crippen molar-refractivity contribution in [1.29, 1.82) is 0 Å². The summed E-state index contributed by atoms with van der Waals surface area (Å²) in [5, 5.41) is 0.691. The number of hydrogen-bond donors (Lipinski definition) is 1. The molecule has 0 radical (unpaired) electrons. The van der Waals surface area contributed by atoms with Gasteiger partial charge in [-0.1, -0.05) is 23.2 Å². The lowest BCUT2D eigenvalue weighted by molar-refractivity contribution is 0.274. The fourth-order valence-electron chi connectivity index (χ4n) is 0.818. The van der Waals surface area contributed by atoms with Crippen molar-refractivity contribution in [3.63, 3.8) is 0 Å². The van der Waals surface area contributed by atoms with Gasteiger partial charge in [-0.25, -0.2) is 4.39 Å². The van der Waals surface area contributed by atoms with E-state index < -0.39 is 6.67 Å². The maximum absolute atomic E-state index is 11.8. The van der Waals surface area contributed by atoms with Gasteiger partial charge in [0.25, 0.3) is 0 Å². The third kappa shape index (κ3) is 2.64. The number of anilines is 1. The lowest BCUT2D eigenvalue weighted by Crippen LogP contribution is -2.01. The minimum Gasteiger partial charge on any atom is -0.489 e. The summed E-state index contributed by atoms with van der Waals surface area (Å²) in [6.45, 7) is -0.609. The van der Waals surface area contributed by atoms with Gasteiger partial charge in [0.1, 0.15) is 19.0 Å². The number of nitrogen functional groups attached to an aromatic ring is 1. The Kier molecular flexibility index (Phi) is 3.63. The van der Waals surface area contributed by atoms with E-state index in [4.69, 9.17) is 33.7 Å². The predicted molar refractivity (Wildman–Crippen MR) is 52.3 cm³/mol. The van der Waals surface area contributed by atoms with Crippen molar-refractivity contribution in [1.82, 2.24) is 0 Å². The van der Waals surface area contributed by atoms with E-state index in [1.165, 1.54) is 12.1 Å². The highest BCUT2D eigenvalue weighted by atomic mass is 35.5. The van der Waals surface area contributed by atoms with Crippen LogP contribution in [0.4, 0.5) is 10.1 Å². The Bertz CT molecular complexity index is 306. The van der Waals surface area contributed by atoms with E-state index in [1.807, 2.05) is 0 Å². The summed E-state index contributed by atoms with van der Waals surface area (Å²) in [6, 6.07) is 2.94. The quantitative estimate of drug-likeness (QED) is 0.801. The summed E-state index contributed by atoms with van der Waals surface area (Å²) in [6.07, 6.45) is 0. The first kappa shape index (κ1) is 10.4. The molecule has 0 bridgehead atoms. The highest BCUT2D eigenvalue weighted by Crippen LogP contribution is 2.32. The largest absolute Gasteiger partial charge is 0.489 e. The SMILES string of the molecule is Nc1cc(Cl)c(Cl)cc1OCCF. The van der Waals surface area contributed by atoms with Gasteiger partial charge in [0.2, 0.25) is 0 Å². The van der Waals surface area contributed by atoms with E-state index in [2.05, 4.69) is 0 Å². The van der Waals surface area contributed by atoms with Gasteiger partial charge in [-0.2, -0.15) is 0 Å². The van der Waals surface area contributed by atoms with Crippen LogP contribution < -0.4 is 10.5 Å². The third-order valence-corrected chi connectivity index (χ3v) is 2.11. The summed E-state index contributed by atoms with van der Waals surface area (Å²) in [5.41, 5.74) is 5.89. The van der Waals surface area contributed by atoms with Gasteiger partial charge in [-0.15, -0.1) is 0 Å². The molecule has 0 atom stereocenters. The molecule has 0 spiro atoms. The van der Waals surface area contributed by atoms with Gasteiger partial charge in [-0.05, 0) is 6.07 Å². The molecule has 13 heavy (non-hydrogen) atoms. The Morgan fingerprint density at radius 3 is 2.54 bits per heavy atom. The van der Waals surface area contributed by atoms with Crippen LogP contribution in [0.2, 0.25) is 10.0 Å². The fraction of sp³-hybridized carbons (Fsp3) is 0.250. The molecule has 2 N–H and O–H groups in total. The minimum absolute atomic E-state index is 0.0395. The second kappa shape index (κ2) is 4.53. The Labute approximate surface area is 85.4 Å². The van der Waals surface area contributed by atoms with Crippen molar-refractivity contribution in [2.75, 3.05) is 19.0 Å². The standard InChI is InChI=1S/C8H8Cl2FNO/c9-5-3-7(12)8(4-6(5)10)13-2-1-11/h3-4H,1-2,12H2. The summed E-state index contributed by atoms with van der Waals surface area (Å²) in [5.74, 6) is 0.354. The molecule has 0 aromatic heterocycles. The van der Waals surface area contributed by atoms with Crippen molar-refractivity contribution in [2.45, 2.75) is 0 Å². The molecule has 0 unspecified atom stereocenters. The first-order valence-corrected chi connectivity index (χ1v) is 4.34. The number of ether oxygens (including phenoxy) is 1. The molecule has 1 aromatic rings. The number of benzene rings is 1. The number of nitrogens with two attached hydrogens (primary N) is 1. The molecule has 0 amide bonds. The normalized spacial score (nSPS) is 10.1. The zero-order valence-electron chi connectivity index (χ0n) is 6.69. The average Bonchev–Trinajstić information content (AvgIpc) is 2.09. The van der Waals surface area contributed by atoms with Crippen LogP contribution in [0, 0.1) is 0 Å². The van der Waals surface area contributed by atoms with Gasteiger partial charge in [-0.3, -0.25) is 0 Å². The predicted octanol–water partition coefficient (Wildman–Crippen LogP) is 2.92. The summed E-state index contributed by atoms with van der Waals surface area (Å²) in [7, 11) is 0. The molecule has 2 nitrogen and oxygen atoms in total. The zero-order valence-corrected chi connectivity index (χ0v) is 8.20. The lowest BCUT2D eigenvalue weighted by Gasteiger charge is -2.08. The van der Waals surface area contributed by atoms with Crippen molar-refractivity contribution >= 4 is 28.9 Å². The maximum Gasteiger partial charge on any atom is 0.143 e. The zero-order chi connectivity index (χ0) is 9.84. The summed E-state index contributed by atoms with van der Waals surface area (Å²) < 4.78 is 16.7. The molecule has 0 saturated heterocycles. The molecule has 0 fully saturated rings. The molecule has 0 heterocycles. The highest BCUT2D eigenvalue weighted by molar-refractivity contribution is 6.42. The molecule has 1 rings (SSSR count). The van der Waals surface area contributed by atoms with Gasteiger partial charge in [0, 0.05) is 6.07 Å². The van der Waals surface area contributed by atoms with E-state index in [9.17, 15) is 4.39 Å². The molecule has 1 aromatic carbocycles. The molecule has 0 saturated carbocycles. The molecule has 0 aliphatic heterocycles. The summed E-state index contributed by atoms with van der Waals surface area (Å²) in [4.78, 5) is 0. The van der Waals surface area contributed by atoms with E-state index >= 15 is 0 Å². The van der Waals surface area contributed by atoms with E-state index in [0.29, 0.717) is 21.5 Å². The Balaban J connectivity index is 2.88. The van der Waals surface area contributed by atoms with Crippen LogP contribution in [-0.2, 0) is 0 Å². The number of alkyl halides is 1. The van der Waals surface area contributed by atoms with Crippen molar-refractivity contribution < 1.29 is 9.13 Å². The van der Waals surface area contributed by atoms with Gasteiger partial charge >= 0.3 is 0 Å². The second-order valence-corrected chi connectivity index (χ2v) is 3.16. The third-order valence-electron chi connectivity index (χ3n) is 1.39. The molecule has 72 valence electrons. The van der Waals surface area contributed by atoms with Crippen LogP contribution in [-0.4, -0.2) is 13.3 Å². The van der Waals surface area contributed by atoms with Crippen molar-refractivity contribution in [3.05, 3.63) is 22.2 Å². The van der Waals surface area contributed by atoms with E-state index in [-0.39, 0.29) is 6.61 Å². The Hall–Kier alpha value is -0.670.